The predicted molar refractivity (Wildman–Crippen MR) is 65.8 cm³/mol. The lowest BCUT2D eigenvalue weighted by atomic mass is 9.95. The zero-order chi connectivity index (χ0) is 13.3. The molecule has 1 aromatic heterocycles. The van der Waals surface area contributed by atoms with E-state index in [2.05, 4.69) is 6.58 Å². The number of nitrogens with zero attached hydrogens (tertiary/aromatic N) is 1. The van der Waals surface area contributed by atoms with Crippen LogP contribution in [0.1, 0.15) is 30.4 Å². The van der Waals surface area contributed by atoms with Gasteiger partial charge in [0.15, 0.2) is 11.8 Å². The lowest BCUT2D eigenvalue weighted by molar-refractivity contribution is -0.132. The molecule has 0 aliphatic heterocycles. The fraction of sp³-hybridized carbons (Fsp3) is 0.462. The van der Waals surface area contributed by atoms with Gasteiger partial charge in [-0.1, -0.05) is 6.58 Å². The van der Waals surface area contributed by atoms with Crippen LogP contribution >= 0.6 is 0 Å². The molecule has 0 fully saturated rings. The molecule has 0 spiro atoms. The quantitative estimate of drug-likeness (QED) is 0.713. The molecule has 0 saturated carbocycles. The van der Waals surface area contributed by atoms with E-state index in [4.69, 9.17) is 5.11 Å². The van der Waals surface area contributed by atoms with E-state index in [0.717, 1.165) is 36.8 Å². The Kier molecular flexibility index (Phi) is 3.32. The van der Waals surface area contributed by atoms with Crippen molar-refractivity contribution in [1.29, 1.82) is 0 Å². The van der Waals surface area contributed by atoms with Crippen molar-refractivity contribution in [1.82, 2.24) is 4.57 Å². The number of hydrogen-bond acceptors (Lipinski definition) is 3. The number of rotatable bonds is 4. The molecular weight excluding hydrogens is 234 g/mol. The molecule has 1 aromatic rings. The predicted octanol–water partition coefficient (Wildman–Crippen LogP) is 1.81. The molecule has 1 aliphatic rings. The van der Waals surface area contributed by atoms with E-state index < -0.39 is 5.97 Å². The van der Waals surface area contributed by atoms with Crippen molar-refractivity contribution in [3.05, 3.63) is 23.3 Å². The van der Waals surface area contributed by atoms with Crippen LogP contribution in [0.25, 0.3) is 0 Å². The van der Waals surface area contributed by atoms with Crippen LogP contribution in [-0.2, 0) is 24.2 Å². The van der Waals surface area contributed by atoms with Gasteiger partial charge in [0.1, 0.15) is 0 Å². The highest BCUT2D eigenvalue weighted by Gasteiger charge is 2.24. The Morgan fingerprint density at radius 2 is 1.67 bits per heavy atom. The highest BCUT2D eigenvalue weighted by Crippen LogP contribution is 2.38. The summed E-state index contributed by atoms with van der Waals surface area (Å²) in [6, 6.07) is 0. The van der Waals surface area contributed by atoms with E-state index in [1.807, 2.05) is 0 Å². The number of carboxylic acid groups (broad SMARTS) is 1. The van der Waals surface area contributed by atoms with Crippen LogP contribution in [0.15, 0.2) is 12.2 Å². The molecule has 0 bridgehead atoms. The molecule has 0 amide bonds. The van der Waals surface area contributed by atoms with Gasteiger partial charge in [-0.2, -0.15) is 0 Å². The fourth-order valence-corrected chi connectivity index (χ4v) is 2.39. The van der Waals surface area contributed by atoms with Crippen molar-refractivity contribution < 1.29 is 20.1 Å². The monoisotopic (exact) mass is 251 g/mol. The first-order chi connectivity index (χ1) is 8.52. The van der Waals surface area contributed by atoms with Crippen LogP contribution in [0.4, 0.5) is 0 Å². The summed E-state index contributed by atoms with van der Waals surface area (Å²) in [6.45, 7) is 3.67. The molecule has 98 valence electrons. The van der Waals surface area contributed by atoms with E-state index in [1.165, 1.54) is 4.57 Å². The van der Waals surface area contributed by atoms with Crippen molar-refractivity contribution in [3.8, 4) is 11.8 Å². The van der Waals surface area contributed by atoms with Crippen molar-refractivity contribution in [2.45, 2.75) is 38.6 Å². The Morgan fingerprint density at radius 1 is 1.17 bits per heavy atom. The second-order valence-electron chi connectivity index (χ2n) is 4.62. The summed E-state index contributed by atoms with van der Waals surface area (Å²) >= 11 is 0. The van der Waals surface area contributed by atoms with Crippen LogP contribution in [0.2, 0.25) is 0 Å². The molecule has 3 N–H and O–H groups in total. The minimum Gasteiger partial charge on any atom is -0.494 e. The van der Waals surface area contributed by atoms with Crippen molar-refractivity contribution in [2.24, 2.45) is 0 Å². The first kappa shape index (κ1) is 12.5. The van der Waals surface area contributed by atoms with Gasteiger partial charge in [-0.3, -0.25) is 4.57 Å². The van der Waals surface area contributed by atoms with Crippen LogP contribution in [0.5, 0.6) is 11.8 Å². The molecule has 0 atom stereocenters. The van der Waals surface area contributed by atoms with E-state index in [9.17, 15) is 15.0 Å². The summed E-state index contributed by atoms with van der Waals surface area (Å²) in [5, 5.41) is 28.8. The maximum atomic E-state index is 10.7. The molecule has 5 heteroatoms. The van der Waals surface area contributed by atoms with E-state index in [1.54, 1.807) is 0 Å². The average Bonchev–Trinajstić information content (AvgIpc) is 2.60. The smallest absolute Gasteiger partial charge is 0.331 e. The molecular formula is C13H17NO4. The van der Waals surface area contributed by atoms with Gasteiger partial charge < -0.3 is 15.3 Å². The molecule has 5 nitrogen and oxygen atoms in total. The van der Waals surface area contributed by atoms with Gasteiger partial charge in [0, 0.05) is 23.2 Å². The summed E-state index contributed by atoms with van der Waals surface area (Å²) in [6.07, 6.45) is 3.74. The zero-order valence-corrected chi connectivity index (χ0v) is 10.1. The minimum absolute atomic E-state index is 0.0698. The van der Waals surface area contributed by atoms with E-state index in [0.29, 0.717) is 0 Å². The highest BCUT2D eigenvalue weighted by atomic mass is 16.4. The summed E-state index contributed by atoms with van der Waals surface area (Å²) in [7, 11) is 0. The normalized spacial score (nSPS) is 14.2. The largest absolute Gasteiger partial charge is 0.494 e. The number of fused-ring (bicyclic) bond motifs is 1. The van der Waals surface area contributed by atoms with Gasteiger partial charge >= 0.3 is 5.97 Å². The molecule has 18 heavy (non-hydrogen) atoms. The third-order valence-electron chi connectivity index (χ3n) is 3.46. The van der Waals surface area contributed by atoms with Gasteiger partial charge in [0.2, 0.25) is 0 Å². The minimum atomic E-state index is -1.05. The maximum absolute atomic E-state index is 10.7. The van der Waals surface area contributed by atoms with Gasteiger partial charge in [-0.25, -0.2) is 4.79 Å². The number of carbonyl (C=O) groups is 1. The average molecular weight is 251 g/mol. The molecule has 0 unspecified atom stereocenters. The number of aromatic nitrogens is 1. The van der Waals surface area contributed by atoms with E-state index in [-0.39, 0.29) is 30.3 Å². The Hall–Kier alpha value is -1.91. The lowest BCUT2D eigenvalue weighted by Crippen LogP contribution is -2.04. The van der Waals surface area contributed by atoms with Crippen molar-refractivity contribution in [2.75, 3.05) is 0 Å². The third kappa shape index (κ3) is 2.08. The summed E-state index contributed by atoms with van der Waals surface area (Å²) in [5.74, 6) is -0.910. The van der Waals surface area contributed by atoms with Gasteiger partial charge in [0.25, 0.3) is 0 Å². The van der Waals surface area contributed by atoms with Crippen LogP contribution < -0.4 is 0 Å². The molecule has 0 radical (unpaired) electrons. The van der Waals surface area contributed by atoms with Crippen molar-refractivity contribution >= 4 is 5.97 Å². The topological polar surface area (TPSA) is 82.7 Å². The summed E-state index contributed by atoms with van der Waals surface area (Å²) < 4.78 is 1.38. The first-order valence-corrected chi connectivity index (χ1v) is 6.05. The summed E-state index contributed by atoms with van der Waals surface area (Å²) in [5.41, 5.74) is 1.68. The van der Waals surface area contributed by atoms with Gasteiger partial charge in [-0.05, 0) is 32.1 Å². The number of carboxylic acids is 1. The van der Waals surface area contributed by atoms with E-state index >= 15 is 0 Å². The number of aliphatic carboxylic acids is 1. The molecule has 0 aromatic carbocycles. The zero-order valence-electron chi connectivity index (χ0n) is 10.1. The van der Waals surface area contributed by atoms with Crippen LogP contribution in [0, 0.1) is 0 Å². The molecule has 1 aliphatic carbocycles. The maximum Gasteiger partial charge on any atom is 0.331 e. The SMILES string of the molecule is C=C(CCn1c(O)c2c(c1O)CCCC2)C(=O)O. The Morgan fingerprint density at radius 3 is 2.11 bits per heavy atom. The van der Waals surface area contributed by atoms with Gasteiger partial charge in [-0.15, -0.1) is 0 Å². The van der Waals surface area contributed by atoms with Gasteiger partial charge in [0.05, 0.1) is 0 Å². The second kappa shape index (κ2) is 4.76. The second-order valence-corrected chi connectivity index (χ2v) is 4.62. The van der Waals surface area contributed by atoms with Crippen LogP contribution in [0.3, 0.4) is 0 Å². The lowest BCUT2D eigenvalue weighted by Gasteiger charge is -2.09. The highest BCUT2D eigenvalue weighted by molar-refractivity contribution is 5.85. The van der Waals surface area contributed by atoms with Crippen molar-refractivity contribution in [3.63, 3.8) is 0 Å². The third-order valence-corrected chi connectivity index (χ3v) is 3.46. The Balaban J connectivity index is 2.21. The standard InChI is InChI=1S/C13H17NO4/c1-8(13(17)18)6-7-14-11(15)9-4-2-3-5-10(9)12(14)16/h15-16H,1-7H2,(H,17,18). The fourth-order valence-electron chi connectivity index (χ4n) is 2.39. The first-order valence-electron chi connectivity index (χ1n) is 6.05. The molecule has 1 heterocycles. The Labute approximate surface area is 105 Å². The molecule has 0 saturated heterocycles. The van der Waals surface area contributed by atoms with Crippen LogP contribution in [-0.4, -0.2) is 25.9 Å². The summed E-state index contributed by atoms with van der Waals surface area (Å²) in [4.78, 5) is 10.7. The Bertz CT molecular complexity index is 472. The number of aromatic hydroxyl groups is 2. The number of hydrogen-bond donors (Lipinski definition) is 3. The molecule has 2 rings (SSSR count).